The van der Waals surface area contributed by atoms with Crippen molar-refractivity contribution in [2.24, 2.45) is 0 Å². The quantitative estimate of drug-likeness (QED) is 0.324. The molecular formula is C6H6F6LiNO7S2. The summed E-state index contributed by atoms with van der Waals surface area (Å²) >= 11 is 0. The van der Waals surface area contributed by atoms with Crippen LogP contribution in [0.15, 0.2) is 0 Å². The molecule has 8 nitrogen and oxygen atoms in total. The van der Waals surface area contributed by atoms with Crippen molar-refractivity contribution in [1.82, 2.24) is 0 Å². The number of carbonyl (C=O) groups excluding carboxylic acids is 1. The van der Waals surface area contributed by atoms with Gasteiger partial charge in [0.05, 0.1) is 0 Å². The summed E-state index contributed by atoms with van der Waals surface area (Å²) in [5, 5.41) is 0. The fourth-order valence-electron chi connectivity index (χ4n) is 0.631. The van der Waals surface area contributed by atoms with E-state index in [1.807, 2.05) is 0 Å². The Labute approximate surface area is 137 Å². The molecule has 1 heterocycles. The molecule has 0 aromatic rings. The third-order valence-corrected chi connectivity index (χ3v) is 4.25. The summed E-state index contributed by atoms with van der Waals surface area (Å²) in [4.78, 5) is 10.0. The second-order valence-electron chi connectivity index (χ2n) is 3.41. The third kappa shape index (κ3) is 7.61. The Morgan fingerprint density at radius 3 is 1.48 bits per heavy atom. The number of nitrogens with zero attached hydrogens (tertiary/aromatic N) is 1. The zero-order valence-electron chi connectivity index (χ0n) is 11.2. The maximum absolute atomic E-state index is 11.4. The first-order valence-corrected chi connectivity index (χ1v) is 7.58. The van der Waals surface area contributed by atoms with E-state index in [0.717, 1.165) is 4.13 Å². The van der Waals surface area contributed by atoms with Crippen LogP contribution in [0.25, 0.3) is 4.13 Å². The van der Waals surface area contributed by atoms with Gasteiger partial charge in [0.25, 0.3) is 0 Å². The Morgan fingerprint density at radius 1 is 1.00 bits per heavy atom. The topological polar surface area (TPSA) is 118 Å². The van der Waals surface area contributed by atoms with Crippen LogP contribution in [0, 0.1) is 0 Å². The molecule has 0 saturated carbocycles. The minimum Gasteiger partial charge on any atom is -0.430 e. The van der Waals surface area contributed by atoms with Gasteiger partial charge in [-0.2, -0.15) is 26.3 Å². The molecule has 0 N–H and O–H groups in total. The Balaban J connectivity index is 0. The van der Waals surface area contributed by atoms with Crippen LogP contribution in [0.1, 0.15) is 6.92 Å². The van der Waals surface area contributed by atoms with Crippen molar-refractivity contribution in [2.75, 3.05) is 6.61 Å². The van der Waals surface area contributed by atoms with Gasteiger partial charge in [-0.25, -0.2) is 21.6 Å². The second kappa shape index (κ2) is 7.92. The number of hydrogen-bond donors (Lipinski definition) is 0. The number of ether oxygens (including phenoxy) is 2. The molecule has 0 aliphatic carbocycles. The molecule has 1 unspecified atom stereocenters. The molecule has 0 amide bonds. The van der Waals surface area contributed by atoms with Gasteiger partial charge >= 0.3 is 36.0 Å². The van der Waals surface area contributed by atoms with Crippen molar-refractivity contribution in [3.05, 3.63) is 4.13 Å². The molecule has 1 saturated heterocycles. The minimum atomic E-state index is -6.72. The first kappa shape index (κ1) is 24.6. The maximum Gasteiger partial charge on any atom is 1.00 e. The summed E-state index contributed by atoms with van der Waals surface area (Å²) in [7, 11) is -13.4. The van der Waals surface area contributed by atoms with Crippen molar-refractivity contribution in [3.63, 3.8) is 0 Å². The molecule has 23 heavy (non-hydrogen) atoms. The van der Waals surface area contributed by atoms with Crippen LogP contribution in [-0.2, 0) is 29.5 Å². The van der Waals surface area contributed by atoms with Crippen molar-refractivity contribution in [1.29, 1.82) is 0 Å². The summed E-state index contributed by atoms with van der Waals surface area (Å²) in [6, 6.07) is 0. The van der Waals surface area contributed by atoms with E-state index in [9.17, 15) is 48.0 Å². The first-order valence-electron chi connectivity index (χ1n) is 4.70. The number of hydrogen-bond acceptors (Lipinski definition) is 7. The van der Waals surface area contributed by atoms with E-state index in [2.05, 4.69) is 9.47 Å². The third-order valence-electron chi connectivity index (χ3n) is 1.51. The van der Waals surface area contributed by atoms with E-state index in [4.69, 9.17) is 0 Å². The molecule has 132 valence electrons. The van der Waals surface area contributed by atoms with Crippen LogP contribution < -0.4 is 18.9 Å². The average molecular weight is 389 g/mol. The molecular weight excluding hydrogens is 383 g/mol. The Kier molecular flexibility index (Phi) is 8.46. The van der Waals surface area contributed by atoms with Gasteiger partial charge in [0.15, 0.2) is 20.0 Å². The van der Waals surface area contributed by atoms with Crippen LogP contribution in [0.5, 0.6) is 0 Å². The number of cyclic esters (lactones) is 2. The zero-order chi connectivity index (χ0) is 18.0. The summed E-state index contributed by atoms with van der Waals surface area (Å²) in [6.07, 6.45) is -0.597. The number of sulfonamides is 2. The van der Waals surface area contributed by atoms with Crippen LogP contribution in [0.2, 0.25) is 0 Å². The Bertz CT molecular complexity index is 570. The van der Waals surface area contributed by atoms with E-state index in [-0.39, 0.29) is 25.0 Å². The molecule has 0 aromatic carbocycles. The largest absolute Gasteiger partial charge is 1.00 e. The van der Waals surface area contributed by atoms with Gasteiger partial charge in [0.1, 0.15) is 12.7 Å². The van der Waals surface area contributed by atoms with Gasteiger partial charge in [-0.3, -0.25) is 0 Å². The van der Waals surface area contributed by atoms with Gasteiger partial charge in [-0.15, -0.1) is 0 Å². The van der Waals surface area contributed by atoms with Crippen LogP contribution in [0.4, 0.5) is 31.1 Å². The van der Waals surface area contributed by atoms with Crippen molar-refractivity contribution >= 4 is 26.2 Å². The van der Waals surface area contributed by atoms with E-state index in [1.54, 1.807) is 6.92 Å². The molecule has 0 radical (unpaired) electrons. The molecule has 0 spiro atoms. The standard InChI is InChI=1S/C4H6O3.C2F6NO4S2.Li/c1-3-2-6-4(5)7-3;3-1(4,5)14(10,11)9-15(12,13)2(6,7)8;/h3H,2H2,1H3;;/q;-1;+1. The minimum absolute atomic E-state index is 0. The summed E-state index contributed by atoms with van der Waals surface area (Å²) in [5.41, 5.74) is -12.4. The van der Waals surface area contributed by atoms with Gasteiger partial charge < -0.3 is 13.6 Å². The van der Waals surface area contributed by atoms with Gasteiger partial charge in [0, 0.05) is 0 Å². The molecule has 1 fully saturated rings. The molecule has 0 aromatic heterocycles. The van der Waals surface area contributed by atoms with Gasteiger partial charge in [-0.05, 0) is 6.92 Å². The van der Waals surface area contributed by atoms with E-state index in [1.165, 1.54) is 0 Å². The SMILES string of the molecule is CC1COC(=O)O1.O=S(=O)([N-]S(=O)(=O)C(F)(F)F)C(F)(F)F.[Li+]. The van der Waals surface area contributed by atoms with Gasteiger partial charge in [0.2, 0.25) is 0 Å². The summed E-state index contributed by atoms with van der Waals surface area (Å²) < 4.78 is 118. The van der Waals surface area contributed by atoms with Gasteiger partial charge in [-0.1, -0.05) is 0 Å². The monoisotopic (exact) mass is 389 g/mol. The number of alkyl halides is 6. The number of carbonyl (C=O) groups is 1. The van der Waals surface area contributed by atoms with Crippen molar-refractivity contribution < 1.29 is 76.3 Å². The summed E-state index contributed by atoms with van der Waals surface area (Å²) in [5.74, 6) is 0. The average Bonchev–Trinajstić information content (AvgIpc) is 2.58. The predicted molar refractivity (Wildman–Crippen MR) is 55.2 cm³/mol. The first-order chi connectivity index (χ1) is 9.49. The fourth-order valence-corrected chi connectivity index (χ4v) is 2.34. The second-order valence-corrected chi connectivity index (χ2v) is 6.83. The Morgan fingerprint density at radius 2 is 1.35 bits per heavy atom. The predicted octanol–water partition coefficient (Wildman–Crippen LogP) is -1.39. The van der Waals surface area contributed by atoms with Crippen molar-refractivity contribution in [3.8, 4) is 0 Å². The van der Waals surface area contributed by atoms with E-state index < -0.39 is 37.2 Å². The molecule has 1 aliphatic heterocycles. The summed E-state index contributed by atoms with van der Waals surface area (Å²) in [6.45, 7) is 2.18. The zero-order valence-corrected chi connectivity index (χ0v) is 12.8. The van der Waals surface area contributed by atoms with E-state index in [0.29, 0.717) is 6.61 Å². The molecule has 0 bridgehead atoms. The normalized spacial score (nSPS) is 18.9. The van der Waals surface area contributed by atoms with E-state index >= 15 is 0 Å². The Hall–Kier alpha value is -0.693. The van der Waals surface area contributed by atoms with Crippen LogP contribution in [-0.4, -0.2) is 46.7 Å². The maximum atomic E-state index is 11.4. The molecule has 1 aliphatic rings. The van der Waals surface area contributed by atoms with Crippen molar-refractivity contribution in [2.45, 2.75) is 24.0 Å². The smallest absolute Gasteiger partial charge is 0.430 e. The number of rotatable bonds is 2. The molecule has 1 atom stereocenters. The fraction of sp³-hybridized carbons (Fsp3) is 0.833. The van der Waals surface area contributed by atoms with Crippen LogP contribution in [0.3, 0.4) is 0 Å². The number of halogens is 6. The molecule has 17 heteroatoms. The van der Waals surface area contributed by atoms with Crippen LogP contribution >= 0.6 is 0 Å². The molecule has 1 rings (SSSR count).